The molecular formula is C26H23ClF2LiN5O5S. The average Bonchev–Trinajstić information content (AvgIpc) is 3.62. The van der Waals surface area contributed by atoms with Crippen LogP contribution in [0.4, 0.5) is 14.8 Å². The molecule has 2 aliphatic rings. The smallest absolute Gasteiger partial charge is 0.541 e. The molecule has 2 aromatic heterocycles. The topological polar surface area (TPSA) is 133 Å². The van der Waals surface area contributed by atoms with Crippen molar-refractivity contribution in [3.8, 4) is 0 Å². The van der Waals surface area contributed by atoms with E-state index >= 15 is 0 Å². The number of carboxylic acid groups (broad SMARTS) is 1. The molecule has 0 aliphatic carbocycles. The Hall–Kier alpha value is -3.24. The number of nitrogens with zero attached hydrogens (tertiary/aromatic N) is 4. The number of benzene rings is 1. The molecule has 15 heteroatoms. The third-order valence-electron chi connectivity index (χ3n) is 6.71. The SMILES string of the molecule is CCOC(=O)C1=C(C2CCN(c3nc(C)c(C(=O)[O-])o3)CC2)NC(c2nccs2)=NC1c1ccc(F)c(F)c1Cl.[Li+]. The third-order valence-corrected chi connectivity index (χ3v) is 7.87. The molecule has 41 heavy (non-hydrogen) atoms. The number of anilines is 1. The van der Waals surface area contributed by atoms with Crippen LogP contribution < -0.4 is 34.2 Å². The van der Waals surface area contributed by atoms with Crippen molar-refractivity contribution in [3.05, 3.63) is 73.7 Å². The van der Waals surface area contributed by atoms with E-state index in [1.807, 2.05) is 4.90 Å². The molecule has 5 rings (SSSR count). The van der Waals surface area contributed by atoms with Crippen LogP contribution in [-0.4, -0.2) is 47.4 Å². The number of allylic oxidation sites excluding steroid dienone is 1. The number of hydrogen-bond acceptors (Lipinski definition) is 11. The zero-order valence-electron chi connectivity index (χ0n) is 22.4. The van der Waals surface area contributed by atoms with Crippen molar-refractivity contribution in [1.82, 2.24) is 15.3 Å². The molecule has 1 fully saturated rings. The van der Waals surface area contributed by atoms with E-state index in [1.54, 1.807) is 18.5 Å². The Morgan fingerprint density at radius 2 is 2.02 bits per heavy atom. The molecule has 3 aromatic rings. The Morgan fingerprint density at radius 3 is 2.63 bits per heavy atom. The van der Waals surface area contributed by atoms with E-state index in [9.17, 15) is 23.5 Å². The van der Waals surface area contributed by atoms with Crippen LogP contribution in [0.5, 0.6) is 0 Å². The van der Waals surface area contributed by atoms with Crippen molar-refractivity contribution in [2.45, 2.75) is 32.7 Å². The summed E-state index contributed by atoms with van der Waals surface area (Å²) in [5.41, 5.74) is 0.982. The van der Waals surface area contributed by atoms with Gasteiger partial charge in [-0.1, -0.05) is 17.7 Å². The number of thiazole rings is 1. The number of piperidine rings is 1. The number of oxazole rings is 1. The van der Waals surface area contributed by atoms with Gasteiger partial charge >= 0.3 is 24.8 Å². The van der Waals surface area contributed by atoms with Gasteiger partial charge in [0.2, 0.25) is 0 Å². The molecule has 0 spiro atoms. The molecule has 4 heterocycles. The monoisotopic (exact) mass is 597 g/mol. The number of carbonyl (C=O) groups excluding carboxylic acids is 2. The van der Waals surface area contributed by atoms with Gasteiger partial charge in [-0.2, -0.15) is 4.98 Å². The number of aromatic nitrogens is 2. The van der Waals surface area contributed by atoms with E-state index in [2.05, 4.69) is 20.3 Å². The first kappa shape index (κ1) is 30.7. The molecule has 0 radical (unpaired) electrons. The standard InChI is InChI=1S/C26H24ClF2N5O5S.Li/c1-3-38-25(37)16-19(13-6-9-34(10-7-13)26-31-12(2)21(39-26)24(35)36)32-22(23-30-8-11-40-23)33-20(16)14-4-5-15(28)18(29)17(14)27;/h4-5,8,11,13,20H,3,6-7,9-10H2,1-2H3,(H,32,33)(H,35,36);/q;+1/p-1. The fraction of sp³-hybridized carbons (Fsp3) is 0.346. The number of aromatic carboxylic acids is 1. The Morgan fingerprint density at radius 1 is 1.29 bits per heavy atom. The fourth-order valence-corrected chi connectivity index (χ4v) is 5.66. The molecular weight excluding hydrogens is 575 g/mol. The van der Waals surface area contributed by atoms with Crippen molar-refractivity contribution >= 4 is 46.7 Å². The quantitative estimate of drug-likeness (QED) is 0.236. The zero-order chi connectivity index (χ0) is 28.6. The number of halogens is 3. The summed E-state index contributed by atoms with van der Waals surface area (Å²) in [5.74, 6) is -4.66. The summed E-state index contributed by atoms with van der Waals surface area (Å²) in [5, 5.41) is 16.4. The maximum Gasteiger partial charge on any atom is 1.00 e. The van der Waals surface area contributed by atoms with Gasteiger partial charge in [0.15, 0.2) is 28.2 Å². The van der Waals surface area contributed by atoms with E-state index in [4.69, 9.17) is 20.8 Å². The number of nitrogens with one attached hydrogen (secondary N) is 1. The molecule has 210 valence electrons. The molecule has 1 aromatic carbocycles. The van der Waals surface area contributed by atoms with Gasteiger partial charge in [0.25, 0.3) is 6.01 Å². The van der Waals surface area contributed by atoms with Crippen LogP contribution in [0.25, 0.3) is 0 Å². The van der Waals surface area contributed by atoms with Crippen molar-refractivity contribution in [3.63, 3.8) is 0 Å². The molecule has 0 amide bonds. The van der Waals surface area contributed by atoms with E-state index in [0.717, 1.165) is 6.07 Å². The van der Waals surface area contributed by atoms with Crippen LogP contribution in [0.15, 0.2) is 44.4 Å². The van der Waals surface area contributed by atoms with Gasteiger partial charge in [0.05, 0.1) is 22.9 Å². The van der Waals surface area contributed by atoms with Crippen LogP contribution in [-0.2, 0) is 9.53 Å². The summed E-state index contributed by atoms with van der Waals surface area (Å²) in [6, 6.07) is 1.33. The second-order valence-electron chi connectivity index (χ2n) is 9.11. The number of carbonyl (C=O) groups is 2. The largest absolute Gasteiger partial charge is 1.00 e. The van der Waals surface area contributed by atoms with Crippen molar-refractivity contribution in [2.75, 3.05) is 24.6 Å². The van der Waals surface area contributed by atoms with Crippen LogP contribution in [0.2, 0.25) is 5.02 Å². The van der Waals surface area contributed by atoms with Crippen LogP contribution in [0.1, 0.15) is 52.6 Å². The maximum atomic E-state index is 14.6. The average molecular weight is 598 g/mol. The zero-order valence-corrected chi connectivity index (χ0v) is 23.9. The number of carboxylic acids is 1. The fourth-order valence-electron chi connectivity index (χ4n) is 4.81. The second-order valence-corrected chi connectivity index (χ2v) is 10.4. The molecule has 2 aliphatic heterocycles. The van der Waals surface area contributed by atoms with Gasteiger partial charge in [-0.05, 0) is 32.8 Å². The van der Waals surface area contributed by atoms with Crippen LogP contribution >= 0.6 is 22.9 Å². The molecule has 0 bridgehead atoms. The van der Waals surface area contributed by atoms with Gasteiger partial charge < -0.3 is 29.3 Å². The number of rotatable bonds is 7. The summed E-state index contributed by atoms with van der Waals surface area (Å²) < 4.78 is 39.3. The molecule has 0 saturated carbocycles. The molecule has 1 atom stereocenters. The first-order valence-electron chi connectivity index (χ1n) is 12.4. The normalized spacial score (nSPS) is 17.5. The van der Waals surface area contributed by atoms with Gasteiger partial charge in [-0.3, -0.25) is 4.99 Å². The Labute approximate surface area is 254 Å². The first-order chi connectivity index (χ1) is 19.2. The molecule has 10 nitrogen and oxygen atoms in total. The van der Waals surface area contributed by atoms with Crippen molar-refractivity contribution < 1.29 is 51.5 Å². The Kier molecular flexibility index (Phi) is 9.54. The third kappa shape index (κ3) is 6.04. The van der Waals surface area contributed by atoms with Crippen LogP contribution in [0, 0.1) is 24.5 Å². The van der Waals surface area contributed by atoms with E-state index < -0.39 is 34.6 Å². The number of amidine groups is 1. The first-order valence-corrected chi connectivity index (χ1v) is 13.7. The van der Waals surface area contributed by atoms with E-state index in [-0.39, 0.29) is 60.0 Å². The number of aryl methyl sites for hydroxylation is 1. The maximum absolute atomic E-state index is 14.6. The summed E-state index contributed by atoms with van der Waals surface area (Å²) in [7, 11) is 0. The summed E-state index contributed by atoms with van der Waals surface area (Å²) in [4.78, 5) is 39.7. The number of aliphatic imine (C=N–C) groups is 1. The number of ether oxygens (including phenoxy) is 1. The van der Waals surface area contributed by atoms with Gasteiger partial charge in [0.1, 0.15) is 12.0 Å². The van der Waals surface area contributed by atoms with Gasteiger partial charge in [0, 0.05) is 41.8 Å². The van der Waals surface area contributed by atoms with E-state index in [1.165, 1.54) is 24.3 Å². The predicted octanol–water partition coefficient (Wildman–Crippen LogP) is 0.564. The van der Waals surface area contributed by atoms with Crippen molar-refractivity contribution in [2.24, 2.45) is 10.9 Å². The summed E-state index contributed by atoms with van der Waals surface area (Å²) in [6.45, 7) is 4.13. The second kappa shape index (κ2) is 12.7. The molecule has 1 saturated heterocycles. The van der Waals surface area contributed by atoms with E-state index in [0.29, 0.717) is 42.5 Å². The number of esters is 1. The summed E-state index contributed by atoms with van der Waals surface area (Å²) in [6.07, 6.45) is 2.62. The van der Waals surface area contributed by atoms with Gasteiger partial charge in [-0.15, -0.1) is 11.3 Å². The summed E-state index contributed by atoms with van der Waals surface area (Å²) >= 11 is 7.56. The minimum atomic E-state index is -1.45. The minimum Gasteiger partial charge on any atom is -0.541 e. The number of hydrogen-bond donors (Lipinski definition) is 1. The minimum absolute atomic E-state index is 0. The van der Waals surface area contributed by atoms with Crippen LogP contribution in [0.3, 0.4) is 0 Å². The van der Waals surface area contributed by atoms with Crippen molar-refractivity contribution in [1.29, 1.82) is 0 Å². The Bertz CT molecular complexity index is 1520. The molecule has 1 unspecified atom stereocenters. The molecule has 1 N–H and O–H groups in total. The Balaban J connectivity index is 0.00000387. The van der Waals surface area contributed by atoms with Gasteiger partial charge in [-0.25, -0.2) is 18.6 Å². The predicted molar refractivity (Wildman–Crippen MR) is 140 cm³/mol.